The largest absolute Gasteiger partial charge is 0.341 e. The first-order valence-electron chi connectivity index (χ1n) is 8.41. The van der Waals surface area contributed by atoms with Crippen LogP contribution in [-0.4, -0.2) is 52.9 Å². The lowest BCUT2D eigenvalue weighted by Crippen LogP contribution is -2.47. The summed E-state index contributed by atoms with van der Waals surface area (Å²) in [4.78, 5) is 21.2. The molecule has 0 saturated heterocycles. The Morgan fingerprint density at radius 3 is 2.22 bits per heavy atom. The summed E-state index contributed by atoms with van der Waals surface area (Å²) in [6.07, 6.45) is 4.50. The average molecular weight is 319 g/mol. The Kier molecular flexibility index (Phi) is 6.75. The number of hydrogen-bond donors (Lipinski definition) is 0. The maximum absolute atomic E-state index is 12.7. The van der Waals surface area contributed by atoms with Gasteiger partial charge in [0.15, 0.2) is 0 Å². The van der Waals surface area contributed by atoms with Crippen molar-refractivity contribution in [2.75, 3.05) is 26.7 Å². The minimum absolute atomic E-state index is 0.111. The van der Waals surface area contributed by atoms with Crippen LogP contribution in [0.3, 0.4) is 0 Å². The van der Waals surface area contributed by atoms with Gasteiger partial charge in [-0.2, -0.15) is 0 Å². The van der Waals surface area contributed by atoms with Crippen LogP contribution >= 0.6 is 0 Å². The third-order valence-electron chi connectivity index (χ3n) is 4.17. The average Bonchev–Trinajstić information content (AvgIpc) is 2.45. The number of pyridine rings is 1. The van der Waals surface area contributed by atoms with Crippen LogP contribution < -0.4 is 0 Å². The molecule has 1 rings (SSSR count). The summed E-state index contributed by atoms with van der Waals surface area (Å²) in [6, 6.07) is 4.01. The molecule has 0 saturated carbocycles. The number of rotatable bonds is 6. The molecule has 0 bridgehead atoms. The van der Waals surface area contributed by atoms with Gasteiger partial charge in [-0.05, 0) is 45.9 Å². The normalized spacial score (nSPS) is 12.5. The summed E-state index contributed by atoms with van der Waals surface area (Å²) in [5, 5.41) is 0. The second kappa shape index (κ2) is 7.91. The summed E-state index contributed by atoms with van der Waals surface area (Å²) in [7, 11) is 2.11. The quantitative estimate of drug-likeness (QED) is 0.808. The topological polar surface area (TPSA) is 36.4 Å². The molecule has 0 atom stereocenters. The molecule has 1 amide bonds. The Bertz CT molecular complexity index is 486. The van der Waals surface area contributed by atoms with Crippen molar-refractivity contribution in [2.24, 2.45) is 5.41 Å². The molecule has 0 aliphatic carbocycles. The second-order valence-corrected chi connectivity index (χ2v) is 8.25. The number of hydrogen-bond acceptors (Lipinski definition) is 3. The molecule has 1 aromatic heterocycles. The summed E-state index contributed by atoms with van der Waals surface area (Å²) in [6.45, 7) is 14.9. The van der Waals surface area contributed by atoms with E-state index in [-0.39, 0.29) is 16.9 Å². The van der Waals surface area contributed by atoms with E-state index >= 15 is 0 Å². The maximum Gasteiger partial charge on any atom is 0.228 e. The van der Waals surface area contributed by atoms with Crippen LogP contribution in [0.25, 0.3) is 0 Å². The van der Waals surface area contributed by atoms with Gasteiger partial charge < -0.3 is 4.90 Å². The second-order valence-electron chi connectivity index (χ2n) is 8.25. The lowest BCUT2D eigenvalue weighted by molar-refractivity contribution is -0.139. The van der Waals surface area contributed by atoms with Gasteiger partial charge in [0.05, 0.1) is 0 Å². The van der Waals surface area contributed by atoms with Crippen molar-refractivity contribution in [3.05, 3.63) is 30.1 Å². The SMILES string of the molecule is CN(CCN(CCc1cccnc1)C(=O)C(C)(C)C)C(C)(C)C. The fourth-order valence-electron chi connectivity index (χ4n) is 2.21. The number of carbonyl (C=O) groups is 1. The summed E-state index contributed by atoms with van der Waals surface area (Å²) >= 11 is 0. The van der Waals surface area contributed by atoms with Gasteiger partial charge in [0, 0.05) is 43.0 Å². The summed E-state index contributed by atoms with van der Waals surface area (Å²) < 4.78 is 0. The number of aromatic nitrogens is 1. The summed E-state index contributed by atoms with van der Waals surface area (Å²) in [5.41, 5.74) is 0.929. The van der Waals surface area contributed by atoms with Crippen LogP contribution in [0.2, 0.25) is 0 Å². The Morgan fingerprint density at radius 2 is 1.74 bits per heavy atom. The number of nitrogens with zero attached hydrogens (tertiary/aromatic N) is 3. The first kappa shape index (κ1) is 19.6. The zero-order chi connectivity index (χ0) is 17.7. The van der Waals surface area contributed by atoms with Gasteiger partial charge in [0.25, 0.3) is 0 Å². The molecule has 1 aromatic rings. The van der Waals surface area contributed by atoms with Crippen molar-refractivity contribution in [3.63, 3.8) is 0 Å². The fourth-order valence-corrected chi connectivity index (χ4v) is 2.21. The van der Waals surface area contributed by atoms with E-state index in [2.05, 4.69) is 43.8 Å². The zero-order valence-electron chi connectivity index (χ0n) is 15.9. The number of carbonyl (C=O) groups excluding carboxylic acids is 1. The highest BCUT2D eigenvalue weighted by Crippen LogP contribution is 2.18. The molecule has 0 fully saturated rings. The van der Waals surface area contributed by atoms with Gasteiger partial charge in [-0.3, -0.25) is 14.7 Å². The molecule has 0 aromatic carbocycles. The lowest BCUT2D eigenvalue weighted by atomic mass is 9.94. The van der Waals surface area contributed by atoms with E-state index in [4.69, 9.17) is 0 Å². The van der Waals surface area contributed by atoms with Crippen molar-refractivity contribution < 1.29 is 4.79 Å². The highest BCUT2D eigenvalue weighted by atomic mass is 16.2. The van der Waals surface area contributed by atoms with Gasteiger partial charge >= 0.3 is 0 Å². The van der Waals surface area contributed by atoms with Crippen LogP contribution in [0, 0.1) is 5.41 Å². The highest BCUT2D eigenvalue weighted by molar-refractivity contribution is 5.81. The predicted octanol–water partition coefficient (Wildman–Crippen LogP) is 3.23. The van der Waals surface area contributed by atoms with Crippen molar-refractivity contribution in [3.8, 4) is 0 Å². The third-order valence-corrected chi connectivity index (χ3v) is 4.17. The Labute approximate surface area is 141 Å². The van der Waals surface area contributed by atoms with Crippen molar-refractivity contribution >= 4 is 5.91 Å². The van der Waals surface area contributed by atoms with E-state index < -0.39 is 0 Å². The molecule has 130 valence electrons. The molecule has 0 aliphatic rings. The summed E-state index contributed by atoms with van der Waals surface area (Å²) in [5.74, 6) is 0.212. The maximum atomic E-state index is 12.7. The molecular formula is C19H33N3O. The van der Waals surface area contributed by atoms with Crippen molar-refractivity contribution in [1.82, 2.24) is 14.8 Å². The van der Waals surface area contributed by atoms with Gasteiger partial charge in [-0.1, -0.05) is 26.8 Å². The first-order chi connectivity index (χ1) is 10.5. The van der Waals surface area contributed by atoms with Crippen LogP contribution in [0.4, 0.5) is 0 Å². The molecule has 0 N–H and O–H groups in total. The van der Waals surface area contributed by atoms with Crippen molar-refractivity contribution in [1.29, 1.82) is 0 Å². The molecule has 0 aliphatic heterocycles. The monoisotopic (exact) mass is 319 g/mol. The van der Waals surface area contributed by atoms with E-state index in [1.165, 1.54) is 5.56 Å². The Hall–Kier alpha value is -1.42. The molecule has 0 radical (unpaired) electrons. The molecular weight excluding hydrogens is 286 g/mol. The van der Waals surface area contributed by atoms with Crippen molar-refractivity contribution in [2.45, 2.75) is 53.5 Å². The zero-order valence-corrected chi connectivity index (χ0v) is 15.9. The lowest BCUT2D eigenvalue weighted by Gasteiger charge is -2.35. The van der Waals surface area contributed by atoms with Gasteiger partial charge in [-0.25, -0.2) is 0 Å². The molecule has 4 heteroatoms. The van der Waals surface area contributed by atoms with E-state index in [0.29, 0.717) is 0 Å². The molecule has 0 unspecified atom stereocenters. The van der Waals surface area contributed by atoms with Gasteiger partial charge in [0.1, 0.15) is 0 Å². The molecule has 0 spiro atoms. The Morgan fingerprint density at radius 1 is 1.09 bits per heavy atom. The number of amides is 1. The van der Waals surface area contributed by atoms with E-state index in [9.17, 15) is 4.79 Å². The predicted molar refractivity (Wildman–Crippen MR) is 96.4 cm³/mol. The van der Waals surface area contributed by atoms with Gasteiger partial charge in [0.2, 0.25) is 5.91 Å². The molecule has 4 nitrogen and oxygen atoms in total. The van der Waals surface area contributed by atoms with Gasteiger partial charge in [-0.15, -0.1) is 0 Å². The standard InChI is InChI=1S/C19H33N3O/c1-18(2,3)17(23)22(14-13-21(7)19(4,5)6)12-10-16-9-8-11-20-15-16/h8-9,11,15H,10,12-14H2,1-7H3. The Balaban J connectivity index is 2.71. The van der Waals surface area contributed by atoms with E-state index in [0.717, 1.165) is 26.1 Å². The minimum Gasteiger partial charge on any atom is -0.341 e. The third kappa shape index (κ3) is 6.69. The van der Waals surface area contributed by atoms with Crippen LogP contribution in [-0.2, 0) is 11.2 Å². The van der Waals surface area contributed by atoms with E-state index in [1.54, 1.807) is 6.20 Å². The highest BCUT2D eigenvalue weighted by Gasteiger charge is 2.28. The minimum atomic E-state index is -0.352. The van der Waals surface area contributed by atoms with Crippen LogP contribution in [0.15, 0.2) is 24.5 Å². The fraction of sp³-hybridized carbons (Fsp3) is 0.684. The molecule has 1 heterocycles. The molecule has 23 heavy (non-hydrogen) atoms. The smallest absolute Gasteiger partial charge is 0.228 e. The number of likely N-dealkylation sites (N-methyl/N-ethyl adjacent to an activating group) is 1. The van der Waals surface area contributed by atoms with Crippen LogP contribution in [0.5, 0.6) is 0 Å². The first-order valence-corrected chi connectivity index (χ1v) is 8.41. The van der Waals surface area contributed by atoms with Crippen LogP contribution in [0.1, 0.15) is 47.1 Å². The van der Waals surface area contributed by atoms with E-state index in [1.807, 2.05) is 37.9 Å².